The van der Waals surface area contributed by atoms with Crippen molar-refractivity contribution >= 4 is 62.3 Å². The molecule has 0 saturated heterocycles. The highest BCUT2D eigenvalue weighted by Crippen LogP contribution is 2.43. The van der Waals surface area contributed by atoms with E-state index in [1.165, 1.54) is 29.6 Å². The van der Waals surface area contributed by atoms with Crippen LogP contribution in [0.25, 0.3) is 11.1 Å². The van der Waals surface area contributed by atoms with E-state index >= 15 is 0 Å². The lowest BCUT2D eigenvalue weighted by molar-refractivity contribution is 0.795. The predicted molar refractivity (Wildman–Crippen MR) is 293 cm³/mol. The minimum atomic E-state index is 1.07. The van der Waals surface area contributed by atoms with Gasteiger partial charge >= 0.3 is 0 Å². The molecule has 0 atom stereocenters. The summed E-state index contributed by atoms with van der Waals surface area (Å²) in [6, 6.07) is 100. The van der Waals surface area contributed by atoms with E-state index in [-0.39, 0.29) is 0 Å². The number of anilines is 9. The fourth-order valence-electron chi connectivity index (χ4n) is 9.27. The topological polar surface area (TPSA) is 9.72 Å². The highest BCUT2D eigenvalue weighted by Gasteiger charge is 2.20. The molecule has 69 heavy (non-hydrogen) atoms. The van der Waals surface area contributed by atoms with Gasteiger partial charge < -0.3 is 14.7 Å². The second kappa shape index (κ2) is 21.3. The van der Waals surface area contributed by atoms with Crippen LogP contribution in [0.2, 0.25) is 0 Å². The molecule has 0 amide bonds. The van der Waals surface area contributed by atoms with Crippen LogP contribution in [0.4, 0.5) is 51.2 Å². The second-order valence-electron chi connectivity index (χ2n) is 17.2. The van der Waals surface area contributed by atoms with Crippen LogP contribution < -0.4 is 14.7 Å². The number of hydrogen-bond donors (Lipinski definition) is 0. The molecular weight excluding hydrogens is 835 g/mol. The van der Waals surface area contributed by atoms with Gasteiger partial charge in [0.25, 0.3) is 0 Å². The molecule has 0 fully saturated rings. The number of benzene rings is 10. The van der Waals surface area contributed by atoms with Gasteiger partial charge in [0.05, 0.1) is 0 Å². The lowest BCUT2D eigenvalue weighted by Gasteiger charge is -2.28. The first-order valence-electron chi connectivity index (χ1n) is 24.1. The third kappa shape index (κ3) is 10.0. The van der Waals surface area contributed by atoms with Crippen molar-refractivity contribution < 1.29 is 0 Å². The Kier molecular flexibility index (Phi) is 13.7. The van der Waals surface area contributed by atoms with E-state index in [0.717, 1.165) is 79.9 Å². The molecule has 0 N–H and O–H groups in total. The maximum atomic E-state index is 2.35. The maximum Gasteiger partial charge on any atom is 0.0463 e. The summed E-state index contributed by atoms with van der Waals surface area (Å²) in [5.41, 5.74) is 18.2. The van der Waals surface area contributed by atoms with Crippen molar-refractivity contribution in [3.05, 3.63) is 307 Å². The number of hydrogen-bond acceptors (Lipinski definition) is 3. The summed E-state index contributed by atoms with van der Waals surface area (Å²) in [4.78, 5) is 6.99. The third-order valence-corrected chi connectivity index (χ3v) is 12.6. The van der Waals surface area contributed by atoms with Crippen molar-refractivity contribution in [1.29, 1.82) is 0 Å². The summed E-state index contributed by atoms with van der Waals surface area (Å²) in [6.45, 7) is 2.25. The molecule has 3 heteroatoms. The molecular formula is C66H55N3. The zero-order valence-corrected chi connectivity index (χ0v) is 39.0. The van der Waals surface area contributed by atoms with Crippen molar-refractivity contribution in [3.63, 3.8) is 0 Å². The lowest BCUT2D eigenvalue weighted by atomic mass is 9.85. The van der Waals surface area contributed by atoms with Crippen LogP contribution in [0.15, 0.2) is 279 Å². The van der Waals surface area contributed by atoms with E-state index in [2.05, 4.69) is 301 Å². The minimum absolute atomic E-state index is 1.07. The quantitative estimate of drug-likeness (QED) is 0.0895. The largest absolute Gasteiger partial charge is 0.311 e. The Hall–Kier alpha value is -8.66. The number of rotatable bonds is 16. The van der Waals surface area contributed by atoms with Gasteiger partial charge in [-0.1, -0.05) is 183 Å². The Morgan fingerprint density at radius 3 is 0.739 bits per heavy atom. The zero-order valence-electron chi connectivity index (χ0n) is 39.0. The third-order valence-electron chi connectivity index (χ3n) is 12.6. The average molecular weight is 890 g/mol. The number of nitrogens with zero attached hydrogens (tertiary/aromatic N) is 3. The summed E-state index contributed by atoms with van der Waals surface area (Å²) in [5, 5.41) is 0. The minimum Gasteiger partial charge on any atom is -0.311 e. The summed E-state index contributed by atoms with van der Waals surface area (Å²) in [6.07, 6.45) is 3.48. The van der Waals surface area contributed by atoms with Crippen LogP contribution in [0.5, 0.6) is 0 Å². The van der Waals surface area contributed by atoms with Crippen molar-refractivity contribution in [2.24, 2.45) is 0 Å². The van der Waals surface area contributed by atoms with Crippen LogP contribution in [0.1, 0.15) is 47.6 Å². The van der Waals surface area contributed by atoms with Crippen LogP contribution >= 0.6 is 0 Å². The van der Waals surface area contributed by atoms with Crippen molar-refractivity contribution in [1.82, 2.24) is 0 Å². The normalized spacial score (nSPS) is 11.4. The van der Waals surface area contributed by atoms with E-state index < -0.39 is 0 Å². The zero-order chi connectivity index (χ0) is 46.6. The molecule has 0 aromatic heterocycles. The van der Waals surface area contributed by atoms with Gasteiger partial charge in [0.1, 0.15) is 0 Å². The van der Waals surface area contributed by atoms with Crippen LogP contribution in [0.3, 0.4) is 0 Å². The van der Waals surface area contributed by atoms with Crippen LogP contribution in [-0.2, 0) is 6.42 Å². The Morgan fingerprint density at radius 1 is 0.246 bits per heavy atom. The van der Waals surface area contributed by atoms with Gasteiger partial charge in [-0.2, -0.15) is 0 Å². The summed E-state index contributed by atoms with van der Waals surface area (Å²) in [7, 11) is 0. The van der Waals surface area contributed by atoms with Gasteiger partial charge in [-0.05, 0) is 161 Å². The first-order valence-corrected chi connectivity index (χ1v) is 24.1. The molecule has 0 unspecified atom stereocenters. The van der Waals surface area contributed by atoms with Gasteiger partial charge in [0, 0.05) is 51.2 Å². The van der Waals surface area contributed by atoms with Gasteiger partial charge in [0.2, 0.25) is 0 Å². The fraction of sp³-hybridized carbons (Fsp3) is 0.0606. The monoisotopic (exact) mass is 889 g/mol. The molecule has 10 rings (SSSR count). The lowest BCUT2D eigenvalue weighted by Crippen LogP contribution is -2.12. The van der Waals surface area contributed by atoms with Crippen LogP contribution in [0, 0.1) is 0 Å². The van der Waals surface area contributed by atoms with Crippen molar-refractivity contribution in [2.75, 3.05) is 14.7 Å². The highest BCUT2D eigenvalue weighted by atomic mass is 15.2. The molecule has 0 radical (unpaired) electrons. The summed E-state index contributed by atoms with van der Waals surface area (Å²) in [5.74, 6) is 0. The Balaban J connectivity index is 1.05. The number of aryl methyl sites for hydroxylation is 1. The SMILES string of the molecule is CCCCc1ccc(N(c2ccccc2)c2ccc(/C(=C(\c3ccccc3)c3ccc(N(c4ccccc4)c4ccc(N(c5ccccc5)c5ccccc5)cc4)cc3)c3ccccc3)cc2)cc1. The van der Waals surface area contributed by atoms with E-state index in [1.807, 2.05) is 0 Å². The predicted octanol–water partition coefficient (Wildman–Crippen LogP) is 18.4. The number of para-hydroxylation sites is 4. The van der Waals surface area contributed by atoms with Crippen molar-refractivity contribution in [3.8, 4) is 0 Å². The standard InChI is InChI=1S/C66H55N3/c1-2-3-22-51-35-41-60(42-36-51)68(58-31-18-8-19-32-58)61-43-37-54(38-44-61)65(52-23-10-4-11-24-52)66(53-25-12-5-13-26-53)55-39-45-62(46-40-55)69(59-33-20-9-21-34-59)64-49-47-63(48-50-64)67(56-27-14-6-15-28-56)57-29-16-7-17-30-57/h4-21,23-50H,2-3,22H2,1H3/b66-65+. The molecule has 3 nitrogen and oxygen atoms in total. The smallest absolute Gasteiger partial charge is 0.0463 e. The van der Waals surface area contributed by atoms with Crippen LogP contribution in [-0.4, -0.2) is 0 Å². The first kappa shape index (κ1) is 44.2. The average Bonchev–Trinajstić information content (AvgIpc) is 3.43. The Bertz CT molecular complexity index is 3140. The Labute approximate surface area is 408 Å². The molecule has 0 heterocycles. The molecule has 10 aromatic carbocycles. The van der Waals surface area contributed by atoms with Gasteiger partial charge in [-0.3, -0.25) is 0 Å². The van der Waals surface area contributed by atoms with E-state index in [9.17, 15) is 0 Å². The van der Waals surface area contributed by atoms with E-state index in [4.69, 9.17) is 0 Å². The van der Waals surface area contributed by atoms with E-state index in [0.29, 0.717) is 0 Å². The molecule has 0 aliphatic carbocycles. The summed E-state index contributed by atoms with van der Waals surface area (Å²) < 4.78 is 0. The molecule has 0 bridgehead atoms. The maximum absolute atomic E-state index is 2.35. The van der Waals surface area contributed by atoms with E-state index in [1.54, 1.807) is 0 Å². The molecule has 0 spiro atoms. The molecule has 0 aliphatic heterocycles. The fourth-order valence-corrected chi connectivity index (χ4v) is 9.27. The number of unbranched alkanes of at least 4 members (excludes halogenated alkanes) is 1. The molecule has 0 saturated carbocycles. The molecule has 334 valence electrons. The van der Waals surface area contributed by atoms with Crippen molar-refractivity contribution in [2.45, 2.75) is 26.2 Å². The first-order chi connectivity index (χ1) is 34.2. The molecule has 0 aliphatic rings. The second-order valence-corrected chi connectivity index (χ2v) is 17.2. The Morgan fingerprint density at radius 2 is 0.464 bits per heavy atom. The van der Waals surface area contributed by atoms with Gasteiger partial charge in [0.15, 0.2) is 0 Å². The van der Waals surface area contributed by atoms with Gasteiger partial charge in [-0.25, -0.2) is 0 Å². The molecule has 10 aromatic rings. The van der Waals surface area contributed by atoms with Gasteiger partial charge in [-0.15, -0.1) is 0 Å². The highest BCUT2D eigenvalue weighted by molar-refractivity contribution is 6.05. The summed E-state index contributed by atoms with van der Waals surface area (Å²) >= 11 is 0.